The lowest BCUT2D eigenvalue weighted by molar-refractivity contribution is 1.18. The van der Waals surface area contributed by atoms with Crippen LogP contribution in [0.1, 0.15) is 0 Å². The largest absolute Gasteiger partial charge is 0.309 e. The minimum Gasteiger partial charge on any atom is -0.309 e. The predicted molar refractivity (Wildman–Crippen MR) is 203 cm³/mol. The zero-order valence-corrected chi connectivity index (χ0v) is 27.5. The van der Waals surface area contributed by atoms with Crippen LogP contribution in [0.25, 0.3) is 83.3 Å². The molecule has 0 bridgehead atoms. The molecule has 0 radical (unpaired) electrons. The molecule has 0 atom stereocenters. The van der Waals surface area contributed by atoms with Gasteiger partial charge in [0.15, 0.2) is 5.82 Å². The normalized spacial score (nSPS) is 11.4. The van der Waals surface area contributed by atoms with Crippen molar-refractivity contribution in [1.82, 2.24) is 14.5 Å². The first-order valence-electron chi connectivity index (χ1n) is 16.0. The summed E-state index contributed by atoms with van der Waals surface area (Å²) in [5, 5.41) is 3.45. The zero-order valence-electron chi connectivity index (χ0n) is 25.9. The highest BCUT2D eigenvalue weighted by atomic mass is 79.9. The molecule has 3 nitrogen and oxygen atoms in total. The van der Waals surface area contributed by atoms with Crippen molar-refractivity contribution in [2.45, 2.75) is 0 Å². The molecular formula is C44H28BrN3. The van der Waals surface area contributed by atoms with E-state index in [1.54, 1.807) is 0 Å². The van der Waals surface area contributed by atoms with E-state index >= 15 is 0 Å². The van der Waals surface area contributed by atoms with Crippen molar-refractivity contribution in [3.8, 4) is 50.6 Å². The van der Waals surface area contributed by atoms with Crippen LogP contribution in [0.4, 0.5) is 0 Å². The van der Waals surface area contributed by atoms with Gasteiger partial charge in [-0.3, -0.25) is 0 Å². The van der Waals surface area contributed by atoms with Gasteiger partial charge in [-0.15, -0.1) is 0 Å². The van der Waals surface area contributed by atoms with E-state index in [4.69, 9.17) is 9.97 Å². The summed E-state index contributed by atoms with van der Waals surface area (Å²) in [6.45, 7) is 0. The number of fused-ring (bicyclic) bond motifs is 4. The second-order valence-electron chi connectivity index (χ2n) is 12.0. The molecule has 4 heteroatoms. The predicted octanol–water partition coefficient (Wildman–Crippen LogP) is 12.2. The number of para-hydroxylation sites is 2. The number of nitrogens with zero attached hydrogens (tertiary/aromatic N) is 3. The van der Waals surface area contributed by atoms with Crippen LogP contribution >= 0.6 is 15.9 Å². The Kier molecular flexibility index (Phi) is 6.95. The van der Waals surface area contributed by atoms with Gasteiger partial charge >= 0.3 is 0 Å². The van der Waals surface area contributed by atoms with Gasteiger partial charge in [0.05, 0.1) is 22.2 Å². The average Bonchev–Trinajstić information content (AvgIpc) is 3.48. The summed E-state index contributed by atoms with van der Waals surface area (Å²) in [6.07, 6.45) is 0. The van der Waals surface area contributed by atoms with E-state index in [0.29, 0.717) is 5.82 Å². The van der Waals surface area contributed by atoms with Crippen LogP contribution in [-0.2, 0) is 0 Å². The summed E-state index contributed by atoms with van der Waals surface area (Å²) in [5.41, 5.74) is 12.1. The number of benzene rings is 7. The summed E-state index contributed by atoms with van der Waals surface area (Å²) >= 11 is 3.60. The van der Waals surface area contributed by atoms with Crippen molar-refractivity contribution in [3.63, 3.8) is 0 Å². The van der Waals surface area contributed by atoms with Crippen molar-refractivity contribution in [1.29, 1.82) is 0 Å². The van der Waals surface area contributed by atoms with Gasteiger partial charge in [0, 0.05) is 37.4 Å². The maximum Gasteiger partial charge on any atom is 0.160 e. The third-order valence-electron chi connectivity index (χ3n) is 9.07. The van der Waals surface area contributed by atoms with Gasteiger partial charge in [0.25, 0.3) is 0 Å². The van der Waals surface area contributed by atoms with E-state index in [9.17, 15) is 0 Å². The second kappa shape index (κ2) is 11.8. The summed E-state index contributed by atoms with van der Waals surface area (Å²) in [6, 6.07) is 59.9. The van der Waals surface area contributed by atoms with Gasteiger partial charge in [-0.2, -0.15) is 0 Å². The Balaban J connectivity index is 1.21. The third kappa shape index (κ3) is 4.98. The Morgan fingerprint density at radius 2 is 0.958 bits per heavy atom. The van der Waals surface area contributed by atoms with Crippen molar-refractivity contribution in [3.05, 3.63) is 174 Å². The maximum absolute atomic E-state index is 5.17. The molecule has 0 aliphatic carbocycles. The van der Waals surface area contributed by atoms with Gasteiger partial charge < -0.3 is 4.57 Å². The molecule has 0 aliphatic rings. The number of hydrogen-bond donors (Lipinski definition) is 0. The fourth-order valence-corrected chi connectivity index (χ4v) is 7.14. The first-order chi connectivity index (χ1) is 23.7. The van der Waals surface area contributed by atoms with Crippen molar-refractivity contribution in [2.75, 3.05) is 0 Å². The summed E-state index contributed by atoms with van der Waals surface area (Å²) in [5.74, 6) is 0.713. The Labute approximate surface area is 286 Å². The average molecular weight is 679 g/mol. The molecule has 0 fully saturated rings. The molecule has 7 aromatic carbocycles. The first kappa shape index (κ1) is 28.4. The maximum atomic E-state index is 5.17. The lowest BCUT2D eigenvalue weighted by Gasteiger charge is -2.11. The van der Waals surface area contributed by atoms with Crippen molar-refractivity contribution >= 4 is 48.6 Å². The Morgan fingerprint density at radius 1 is 0.396 bits per heavy atom. The minimum absolute atomic E-state index is 0.713. The minimum atomic E-state index is 0.713. The molecule has 0 saturated heterocycles. The highest BCUT2D eigenvalue weighted by Crippen LogP contribution is 2.38. The van der Waals surface area contributed by atoms with Crippen LogP contribution < -0.4 is 0 Å². The highest BCUT2D eigenvalue weighted by Gasteiger charge is 2.17. The topological polar surface area (TPSA) is 30.7 Å². The van der Waals surface area contributed by atoms with E-state index in [2.05, 4.69) is 172 Å². The standard InChI is InChI=1S/C44H28BrN3/c45-35-13-9-12-32(26-35)29-18-20-30(21-19-29)33-22-24-37-38-25-23-34(28-42(38)48(41(37)27-33)36-14-5-2-6-15-36)44-46-40-17-8-7-16-39(40)43(47-44)31-10-3-1-4-11-31/h1-28H. The Bertz CT molecular complexity index is 2610. The SMILES string of the molecule is Brc1cccc(-c2ccc(-c3ccc4c5ccc(-c6nc(-c7ccccc7)c7ccccc7n6)cc5n(-c5ccccc5)c4c3)cc2)c1. The molecule has 0 spiro atoms. The zero-order chi connectivity index (χ0) is 32.0. The number of aromatic nitrogens is 3. The molecule has 48 heavy (non-hydrogen) atoms. The van der Waals surface area contributed by atoms with E-state index in [1.165, 1.54) is 33.0 Å². The van der Waals surface area contributed by atoms with Crippen LogP contribution in [0.15, 0.2) is 174 Å². The van der Waals surface area contributed by atoms with Crippen LogP contribution in [0.3, 0.4) is 0 Å². The van der Waals surface area contributed by atoms with Crippen LogP contribution in [0.5, 0.6) is 0 Å². The van der Waals surface area contributed by atoms with Crippen LogP contribution in [-0.4, -0.2) is 14.5 Å². The summed E-state index contributed by atoms with van der Waals surface area (Å²) < 4.78 is 3.45. The molecular weight excluding hydrogens is 650 g/mol. The fraction of sp³-hybridized carbons (Fsp3) is 0. The quantitative estimate of drug-likeness (QED) is 0.181. The lowest BCUT2D eigenvalue weighted by Crippen LogP contribution is -1.96. The van der Waals surface area contributed by atoms with Crippen molar-refractivity contribution in [2.24, 2.45) is 0 Å². The molecule has 0 saturated carbocycles. The summed E-state index contributed by atoms with van der Waals surface area (Å²) in [4.78, 5) is 10.2. The van der Waals surface area contributed by atoms with E-state index < -0.39 is 0 Å². The third-order valence-corrected chi connectivity index (χ3v) is 9.56. The molecule has 0 unspecified atom stereocenters. The Morgan fingerprint density at radius 3 is 1.67 bits per heavy atom. The summed E-state index contributed by atoms with van der Waals surface area (Å²) in [7, 11) is 0. The molecule has 0 N–H and O–H groups in total. The molecule has 9 aromatic rings. The first-order valence-corrected chi connectivity index (χ1v) is 16.8. The number of hydrogen-bond acceptors (Lipinski definition) is 2. The monoisotopic (exact) mass is 677 g/mol. The van der Waals surface area contributed by atoms with E-state index in [1.807, 2.05) is 18.2 Å². The molecule has 0 amide bonds. The van der Waals surface area contributed by atoms with Gasteiger partial charge in [0.2, 0.25) is 0 Å². The highest BCUT2D eigenvalue weighted by molar-refractivity contribution is 9.10. The lowest BCUT2D eigenvalue weighted by atomic mass is 9.99. The van der Waals surface area contributed by atoms with Gasteiger partial charge in [0.1, 0.15) is 0 Å². The van der Waals surface area contributed by atoms with Gasteiger partial charge in [-0.05, 0) is 64.7 Å². The van der Waals surface area contributed by atoms with Gasteiger partial charge in [-0.1, -0.05) is 143 Å². The molecule has 2 aromatic heterocycles. The molecule has 2 heterocycles. The van der Waals surface area contributed by atoms with Crippen LogP contribution in [0, 0.1) is 0 Å². The fourth-order valence-electron chi connectivity index (χ4n) is 6.74. The number of halogens is 1. The second-order valence-corrected chi connectivity index (χ2v) is 12.9. The van der Waals surface area contributed by atoms with Gasteiger partial charge in [-0.25, -0.2) is 9.97 Å². The molecule has 226 valence electrons. The van der Waals surface area contributed by atoms with Crippen LogP contribution in [0.2, 0.25) is 0 Å². The van der Waals surface area contributed by atoms with E-state index in [0.717, 1.165) is 48.9 Å². The smallest absolute Gasteiger partial charge is 0.160 e. The molecule has 0 aliphatic heterocycles. The number of rotatable bonds is 5. The Hall–Kier alpha value is -5.84. The van der Waals surface area contributed by atoms with E-state index in [-0.39, 0.29) is 0 Å². The van der Waals surface area contributed by atoms with Crippen molar-refractivity contribution < 1.29 is 0 Å². The molecule has 9 rings (SSSR count).